The zero-order valence-electron chi connectivity index (χ0n) is 9.14. The minimum Gasteiger partial charge on any atom is -0.353 e. The molecule has 0 aromatic heterocycles. The molecule has 0 saturated carbocycles. The lowest BCUT2D eigenvalue weighted by molar-refractivity contribution is -0.157. The summed E-state index contributed by atoms with van der Waals surface area (Å²) in [6.07, 6.45) is 8.52. The van der Waals surface area contributed by atoms with Gasteiger partial charge in [-0.3, -0.25) is 0 Å². The Balaban J connectivity index is 1.76. The molecule has 0 N–H and O–H groups in total. The van der Waals surface area contributed by atoms with Gasteiger partial charge in [-0.25, -0.2) is 0 Å². The Morgan fingerprint density at radius 2 is 2.07 bits per heavy atom. The Kier molecular flexibility index (Phi) is 4.66. The summed E-state index contributed by atoms with van der Waals surface area (Å²) in [4.78, 5) is 0. The van der Waals surface area contributed by atoms with E-state index >= 15 is 0 Å². The maximum absolute atomic E-state index is 5.78. The first kappa shape index (κ1) is 11.6. The third kappa shape index (κ3) is 3.58. The van der Waals surface area contributed by atoms with E-state index < -0.39 is 0 Å². The van der Waals surface area contributed by atoms with Crippen molar-refractivity contribution in [2.45, 2.75) is 51.2 Å². The fourth-order valence-electron chi connectivity index (χ4n) is 2.12. The summed E-state index contributed by atoms with van der Waals surface area (Å²) in [7, 11) is 0. The topological polar surface area (TPSA) is 18.5 Å². The molecule has 2 aliphatic rings. The summed E-state index contributed by atoms with van der Waals surface area (Å²) in [5.41, 5.74) is 1.44. The van der Waals surface area contributed by atoms with Gasteiger partial charge in [-0.1, -0.05) is 15.9 Å². The van der Waals surface area contributed by atoms with Crippen LogP contribution < -0.4 is 0 Å². The van der Waals surface area contributed by atoms with Crippen LogP contribution >= 0.6 is 15.9 Å². The van der Waals surface area contributed by atoms with E-state index in [0.29, 0.717) is 0 Å². The van der Waals surface area contributed by atoms with Crippen molar-refractivity contribution >= 4 is 15.9 Å². The predicted octanol–water partition coefficient (Wildman–Crippen LogP) is 3.75. The lowest BCUT2D eigenvalue weighted by atomic mass is 10.0. The van der Waals surface area contributed by atoms with Crippen molar-refractivity contribution in [2.75, 3.05) is 13.2 Å². The van der Waals surface area contributed by atoms with Gasteiger partial charge in [-0.2, -0.15) is 0 Å². The second-order valence-electron chi connectivity index (χ2n) is 4.32. The van der Waals surface area contributed by atoms with Crippen LogP contribution in [0, 0.1) is 0 Å². The van der Waals surface area contributed by atoms with E-state index in [0.717, 1.165) is 19.6 Å². The van der Waals surface area contributed by atoms with Gasteiger partial charge in [-0.05, 0) is 55.0 Å². The van der Waals surface area contributed by atoms with Gasteiger partial charge in [0.15, 0.2) is 6.29 Å². The van der Waals surface area contributed by atoms with Crippen LogP contribution in [-0.4, -0.2) is 19.5 Å². The smallest absolute Gasteiger partial charge is 0.158 e. The standard InChI is InChI=1S/C12H19BrO2/c13-11-6-2-1-5-10(11)9-15-12-7-3-4-8-14-12/h12H,1-9H2. The normalized spacial score (nSPS) is 28.2. The molecule has 15 heavy (non-hydrogen) atoms. The number of rotatable bonds is 3. The molecule has 2 rings (SSSR count). The Morgan fingerprint density at radius 3 is 2.80 bits per heavy atom. The van der Waals surface area contributed by atoms with Crippen LogP contribution in [0.25, 0.3) is 0 Å². The molecule has 0 aromatic rings. The monoisotopic (exact) mass is 274 g/mol. The van der Waals surface area contributed by atoms with Crippen molar-refractivity contribution in [3.8, 4) is 0 Å². The summed E-state index contributed by atoms with van der Waals surface area (Å²) in [5.74, 6) is 0. The molecule has 0 amide bonds. The summed E-state index contributed by atoms with van der Waals surface area (Å²) in [5, 5.41) is 0. The second kappa shape index (κ2) is 6.02. The van der Waals surface area contributed by atoms with E-state index in [4.69, 9.17) is 9.47 Å². The van der Waals surface area contributed by atoms with Crippen molar-refractivity contribution in [2.24, 2.45) is 0 Å². The molecule has 1 atom stereocenters. The highest BCUT2D eigenvalue weighted by Crippen LogP contribution is 2.29. The van der Waals surface area contributed by atoms with E-state index in [2.05, 4.69) is 15.9 Å². The van der Waals surface area contributed by atoms with E-state index in [1.165, 1.54) is 48.6 Å². The molecule has 1 saturated heterocycles. The van der Waals surface area contributed by atoms with Gasteiger partial charge in [0.1, 0.15) is 0 Å². The number of allylic oxidation sites excluding steroid dienone is 1. The van der Waals surface area contributed by atoms with Crippen molar-refractivity contribution in [3.05, 3.63) is 10.1 Å². The van der Waals surface area contributed by atoms with Crippen LogP contribution in [0.15, 0.2) is 10.1 Å². The van der Waals surface area contributed by atoms with Crippen LogP contribution in [0.5, 0.6) is 0 Å². The van der Waals surface area contributed by atoms with Crippen molar-refractivity contribution < 1.29 is 9.47 Å². The maximum atomic E-state index is 5.78. The largest absolute Gasteiger partial charge is 0.353 e. The number of hydrogen-bond acceptors (Lipinski definition) is 2. The minimum atomic E-state index is 0.0495. The highest BCUT2D eigenvalue weighted by Gasteiger charge is 2.16. The highest BCUT2D eigenvalue weighted by molar-refractivity contribution is 9.11. The molecule has 0 bridgehead atoms. The number of halogens is 1. The molecular formula is C12H19BrO2. The van der Waals surface area contributed by atoms with Gasteiger partial charge in [-0.15, -0.1) is 0 Å². The Bertz CT molecular complexity index is 232. The van der Waals surface area contributed by atoms with E-state index in [1.807, 2.05) is 0 Å². The van der Waals surface area contributed by atoms with E-state index in [1.54, 1.807) is 0 Å². The molecule has 1 heterocycles. The second-order valence-corrected chi connectivity index (χ2v) is 5.28. The van der Waals surface area contributed by atoms with E-state index in [9.17, 15) is 0 Å². The van der Waals surface area contributed by atoms with Gasteiger partial charge < -0.3 is 9.47 Å². The van der Waals surface area contributed by atoms with Crippen LogP contribution in [0.3, 0.4) is 0 Å². The van der Waals surface area contributed by atoms with Gasteiger partial charge in [0.05, 0.1) is 6.61 Å². The predicted molar refractivity (Wildman–Crippen MR) is 64.0 cm³/mol. The van der Waals surface area contributed by atoms with Crippen molar-refractivity contribution in [3.63, 3.8) is 0 Å². The Hall–Kier alpha value is 0.140. The third-order valence-electron chi connectivity index (χ3n) is 3.09. The fraction of sp³-hybridized carbons (Fsp3) is 0.833. The molecule has 1 aliphatic heterocycles. The molecule has 2 nitrogen and oxygen atoms in total. The fourth-order valence-corrected chi connectivity index (χ4v) is 2.71. The van der Waals surface area contributed by atoms with E-state index in [-0.39, 0.29) is 6.29 Å². The Morgan fingerprint density at radius 1 is 1.20 bits per heavy atom. The molecule has 1 unspecified atom stereocenters. The lowest BCUT2D eigenvalue weighted by Gasteiger charge is -2.24. The molecule has 0 radical (unpaired) electrons. The number of ether oxygens (including phenoxy) is 2. The van der Waals surface area contributed by atoms with Gasteiger partial charge in [0, 0.05) is 6.61 Å². The molecule has 3 heteroatoms. The number of hydrogen-bond donors (Lipinski definition) is 0. The molecule has 1 fully saturated rings. The van der Waals surface area contributed by atoms with Gasteiger partial charge >= 0.3 is 0 Å². The summed E-state index contributed by atoms with van der Waals surface area (Å²) in [6.45, 7) is 1.62. The summed E-state index contributed by atoms with van der Waals surface area (Å²) >= 11 is 3.64. The minimum absolute atomic E-state index is 0.0495. The quantitative estimate of drug-likeness (QED) is 0.781. The van der Waals surface area contributed by atoms with Gasteiger partial charge in [0.2, 0.25) is 0 Å². The Labute approximate surface area is 100 Å². The molecular weight excluding hydrogens is 256 g/mol. The third-order valence-corrected chi connectivity index (χ3v) is 4.05. The van der Waals surface area contributed by atoms with Crippen LogP contribution in [0.4, 0.5) is 0 Å². The SMILES string of the molecule is BrC1=C(COC2CCCCO2)CCCC1. The van der Waals surface area contributed by atoms with Gasteiger partial charge in [0.25, 0.3) is 0 Å². The van der Waals surface area contributed by atoms with Crippen LogP contribution in [-0.2, 0) is 9.47 Å². The zero-order valence-corrected chi connectivity index (χ0v) is 10.7. The lowest BCUT2D eigenvalue weighted by Crippen LogP contribution is -2.23. The first-order chi connectivity index (χ1) is 7.36. The first-order valence-electron chi connectivity index (χ1n) is 5.96. The van der Waals surface area contributed by atoms with Crippen LogP contribution in [0.2, 0.25) is 0 Å². The maximum Gasteiger partial charge on any atom is 0.158 e. The molecule has 86 valence electrons. The summed E-state index contributed by atoms with van der Waals surface area (Å²) in [6, 6.07) is 0. The van der Waals surface area contributed by atoms with Crippen molar-refractivity contribution in [1.82, 2.24) is 0 Å². The average Bonchev–Trinajstić information content (AvgIpc) is 2.29. The van der Waals surface area contributed by atoms with Crippen molar-refractivity contribution in [1.29, 1.82) is 0 Å². The zero-order chi connectivity index (χ0) is 10.5. The molecule has 1 aliphatic carbocycles. The average molecular weight is 275 g/mol. The molecule has 0 aromatic carbocycles. The molecule has 0 spiro atoms. The van der Waals surface area contributed by atoms with Crippen LogP contribution in [0.1, 0.15) is 44.9 Å². The summed E-state index contributed by atoms with van der Waals surface area (Å²) < 4.78 is 12.7. The first-order valence-corrected chi connectivity index (χ1v) is 6.75. The highest BCUT2D eigenvalue weighted by atomic mass is 79.9.